The van der Waals surface area contributed by atoms with Crippen LogP contribution < -0.4 is 5.32 Å². The van der Waals surface area contributed by atoms with Gasteiger partial charge in [-0.2, -0.15) is 0 Å². The topological polar surface area (TPSA) is 44.0 Å². The van der Waals surface area contributed by atoms with Crippen LogP contribution in [0, 0.1) is 0 Å². The van der Waals surface area contributed by atoms with Crippen LogP contribution in [0.25, 0.3) is 0 Å². The lowest BCUT2D eigenvalue weighted by Gasteiger charge is -2.22. The molecule has 0 aromatic carbocycles. The molecule has 2 N–H and O–H groups in total. The lowest BCUT2D eigenvalue weighted by molar-refractivity contribution is 0.362. The fourth-order valence-electron chi connectivity index (χ4n) is 2.38. The van der Waals surface area contributed by atoms with Crippen LogP contribution in [0.2, 0.25) is 0 Å². The maximum Gasteiger partial charge on any atom is 0.169 e. The van der Waals surface area contributed by atoms with Gasteiger partial charge in [-0.05, 0) is 36.5 Å². The molecule has 1 fully saturated rings. The molecule has 3 rings (SSSR count). The van der Waals surface area contributed by atoms with E-state index >= 15 is 0 Å². The number of hydrogen-bond acceptors (Lipinski definition) is 2. The third-order valence-corrected chi connectivity index (χ3v) is 3.69. The average Bonchev–Trinajstić information content (AvgIpc) is 3.00. The van der Waals surface area contributed by atoms with Crippen molar-refractivity contribution in [2.75, 3.05) is 7.05 Å². The summed E-state index contributed by atoms with van der Waals surface area (Å²) in [6.07, 6.45) is 3.74. The number of hydrogen-bond donors (Lipinski definition) is 2. The van der Waals surface area contributed by atoms with Crippen molar-refractivity contribution >= 4 is 17.3 Å². The Bertz CT molecular complexity index is 537. The molecule has 0 amide bonds. The Balaban J connectivity index is 2.00. The first-order chi connectivity index (χ1) is 8.77. The Morgan fingerprint density at radius 3 is 2.83 bits per heavy atom. The van der Waals surface area contributed by atoms with Gasteiger partial charge in [-0.25, -0.2) is 0 Å². The van der Waals surface area contributed by atoms with Crippen molar-refractivity contribution in [3.05, 3.63) is 54.1 Å². The van der Waals surface area contributed by atoms with Crippen molar-refractivity contribution in [2.45, 2.75) is 12.1 Å². The summed E-state index contributed by atoms with van der Waals surface area (Å²) in [5.41, 5.74) is 2.14. The number of pyridine rings is 1. The predicted octanol–water partition coefficient (Wildman–Crippen LogP) is 2.01. The van der Waals surface area contributed by atoms with E-state index in [2.05, 4.69) is 26.3 Å². The maximum atomic E-state index is 5.34. The van der Waals surface area contributed by atoms with E-state index in [4.69, 9.17) is 12.2 Å². The van der Waals surface area contributed by atoms with E-state index in [-0.39, 0.29) is 12.1 Å². The number of aromatic amines is 1. The molecule has 1 saturated heterocycles. The Morgan fingerprint density at radius 1 is 1.28 bits per heavy atom. The van der Waals surface area contributed by atoms with Gasteiger partial charge in [-0.15, -0.1) is 0 Å². The van der Waals surface area contributed by atoms with Crippen molar-refractivity contribution in [3.8, 4) is 0 Å². The normalized spacial score (nSPS) is 23.2. The van der Waals surface area contributed by atoms with E-state index in [0.29, 0.717) is 0 Å². The first-order valence-corrected chi connectivity index (χ1v) is 6.26. The molecule has 2 aromatic heterocycles. The zero-order valence-electron chi connectivity index (χ0n) is 10.00. The van der Waals surface area contributed by atoms with Crippen molar-refractivity contribution in [1.82, 2.24) is 20.2 Å². The monoisotopic (exact) mass is 258 g/mol. The van der Waals surface area contributed by atoms with Crippen LogP contribution in [-0.2, 0) is 0 Å². The fraction of sp³-hybridized carbons (Fsp3) is 0.231. The molecule has 4 nitrogen and oxygen atoms in total. The highest BCUT2D eigenvalue weighted by Gasteiger charge is 2.37. The molecular formula is C13H14N4S. The molecule has 92 valence electrons. The zero-order chi connectivity index (χ0) is 12.5. The summed E-state index contributed by atoms with van der Waals surface area (Å²) in [6, 6.07) is 10.3. The Labute approximate surface area is 111 Å². The number of thiocarbonyl (C=S) groups is 1. The first kappa shape index (κ1) is 11.2. The highest BCUT2D eigenvalue weighted by Crippen LogP contribution is 2.36. The van der Waals surface area contributed by atoms with Crippen LogP contribution in [-0.4, -0.2) is 27.0 Å². The SMILES string of the molecule is CN1C(=S)NC(c2ccccn2)C1c1ccc[nH]1. The number of rotatable bonds is 2. The average molecular weight is 258 g/mol. The van der Waals surface area contributed by atoms with Crippen LogP contribution in [0.3, 0.4) is 0 Å². The van der Waals surface area contributed by atoms with E-state index in [1.807, 2.05) is 43.7 Å². The molecule has 0 saturated carbocycles. The molecule has 1 aliphatic rings. The standard InChI is InChI=1S/C13H14N4S/c1-17-12(10-6-4-8-15-10)11(16-13(17)18)9-5-2-3-7-14-9/h2-8,11-12,15H,1H3,(H,16,18). The summed E-state index contributed by atoms with van der Waals surface area (Å²) < 4.78 is 0. The summed E-state index contributed by atoms with van der Waals surface area (Å²) in [6.45, 7) is 0. The zero-order valence-corrected chi connectivity index (χ0v) is 10.8. The van der Waals surface area contributed by atoms with Crippen molar-refractivity contribution in [1.29, 1.82) is 0 Å². The largest absolute Gasteiger partial charge is 0.363 e. The van der Waals surface area contributed by atoms with Gasteiger partial charge in [0.1, 0.15) is 0 Å². The third kappa shape index (κ3) is 1.76. The second-order valence-electron chi connectivity index (χ2n) is 4.36. The van der Waals surface area contributed by atoms with Crippen LogP contribution in [0.1, 0.15) is 23.5 Å². The van der Waals surface area contributed by atoms with Gasteiger partial charge in [0.15, 0.2) is 5.11 Å². The summed E-state index contributed by atoms with van der Waals surface area (Å²) in [5, 5.41) is 4.09. The van der Waals surface area contributed by atoms with Crippen LogP contribution in [0.5, 0.6) is 0 Å². The lowest BCUT2D eigenvalue weighted by Crippen LogP contribution is -2.25. The van der Waals surface area contributed by atoms with Gasteiger partial charge in [0, 0.05) is 25.1 Å². The summed E-state index contributed by atoms with van der Waals surface area (Å²) >= 11 is 5.34. The molecule has 2 atom stereocenters. The summed E-state index contributed by atoms with van der Waals surface area (Å²) in [7, 11) is 2.00. The van der Waals surface area contributed by atoms with Gasteiger partial charge in [-0.1, -0.05) is 6.07 Å². The van der Waals surface area contributed by atoms with Crippen molar-refractivity contribution in [3.63, 3.8) is 0 Å². The van der Waals surface area contributed by atoms with Gasteiger partial charge < -0.3 is 15.2 Å². The van der Waals surface area contributed by atoms with E-state index in [1.165, 1.54) is 0 Å². The van der Waals surface area contributed by atoms with E-state index in [0.717, 1.165) is 16.5 Å². The molecule has 0 spiro atoms. The van der Waals surface area contributed by atoms with Crippen LogP contribution >= 0.6 is 12.2 Å². The quantitative estimate of drug-likeness (QED) is 0.809. The molecule has 18 heavy (non-hydrogen) atoms. The van der Waals surface area contributed by atoms with Gasteiger partial charge in [0.05, 0.1) is 17.8 Å². The maximum absolute atomic E-state index is 5.34. The minimum absolute atomic E-state index is 0.0855. The molecule has 0 bridgehead atoms. The van der Waals surface area contributed by atoms with Crippen LogP contribution in [0.4, 0.5) is 0 Å². The lowest BCUT2D eigenvalue weighted by atomic mass is 10.0. The number of aromatic nitrogens is 2. The molecular weight excluding hydrogens is 244 g/mol. The summed E-state index contributed by atoms with van der Waals surface area (Å²) in [4.78, 5) is 9.76. The number of H-pyrrole nitrogens is 1. The Kier molecular flexibility index (Phi) is 2.76. The predicted molar refractivity (Wildman–Crippen MR) is 74.0 cm³/mol. The smallest absolute Gasteiger partial charge is 0.169 e. The van der Waals surface area contributed by atoms with Gasteiger partial charge in [-0.3, -0.25) is 4.98 Å². The fourth-order valence-corrected chi connectivity index (χ4v) is 2.62. The molecule has 0 aliphatic carbocycles. The number of likely N-dealkylation sites (N-methyl/N-ethyl adjacent to an activating group) is 1. The number of nitrogens with zero attached hydrogens (tertiary/aromatic N) is 2. The van der Waals surface area contributed by atoms with E-state index in [9.17, 15) is 0 Å². The highest BCUT2D eigenvalue weighted by molar-refractivity contribution is 7.80. The number of nitrogens with one attached hydrogen (secondary N) is 2. The molecule has 2 unspecified atom stereocenters. The molecule has 3 heterocycles. The van der Waals surface area contributed by atoms with Crippen LogP contribution in [0.15, 0.2) is 42.7 Å². The minimum atomic E-state index is 0.0855. The third-order valence-electron chi connectivity index (χ3n) is 3.28. The second kappa shape index (κ2) is 4.42. The van der Waals surface area contributed by atoms with Gasteiger partial charge in [0.25, 0.3) is 0 Å². The first-order valence-electron chi connectivity index (χ1n) is 5.85. The van der Waals surface area contributed by atoms with Gasteiger partial charge in [0.2, 0.25) is 0 Å². The van der Waals surface area contributed by atoms with Crippen molar-refractivity contribution < 1.29 is 0 Å². The molecule has 1 aliphatic heterocycles. The van der Waals surface area contributed by atoms with E-state index < -0.39 is 0 Å². The second-order valence-corrected chi connectivity index (χ2v) is 4.75. The Hall–Kier alpha value is -1.88. The molecule has 0 radical (unpaired) electrons. The highest BCUT2D eigenvalue weighted by atomic mass is 32.1. The summed E-state index contributed by atoms with van der Waals surface area (Å²) in [5.74, 6) is 0. The Morgan fingerprint density at radius 2 is 2.17 bits per heavy atom. The molecule has 5 heteroatoms. The van der Waals surface area contributed by atoms with Crippen molar-refractivity contribution in [2.24, 2.45) is 0 Å². The van der Waals surface area contributed by atoms with Gasteiger partial charge >= 0.3 is 0 Å². The van der Waals surface area contributed by atoms with E-state index in [1.54, 1.807) is 0 Å². The molecule has 2 aromatic rings. The minimum Gasteiger partial charge on any atom is -0.363 e.